The first-order chi connectivity index (χ1) is 16.0. The van der Waals surface area contributed by atoms with Crippen molar-refractivity contribution in [2.24, 2.45) is 10.9 Å². The van der Waals surface area contributed by atoms with Crippen LogP contribution in [0.3, 0.4) is 0 Å². The molecule has 0 bridgehead atoms. The Kier molecular flexibility index (Phi) is 6.67. The highest BCUT2D eigenvalue weighted by Gasteiger charge is 2.49. The third-order valence-corrected chi connectivity index (χ3v) is 6.63. The van der Waals surface area contributed by atoms with Gasteiger partial charge >= 0.3 is 0 Å². The molecule has 0 unspecified atom stereocenters. The van der Waals surface area contributed by atoms with Crippen LogP contribution < -0.4 is 14.8 Å². The van der Waals surface area contributed by atoms with Crippen molar-refractivity contribution in [3.8, 4) is 11.5 Å². The number of aliphatic imine (C=N–C) groups is 1. The number of ether oxygens (including phenoxy) is 2. The fraction of sp³-hybridized carbons (Fsp3) is 0.423. The van der Waals surface area contributed by atoms with Crippen LogP contribution in [0.2, 0.25) is 0 Å². The number of nitrogens with one attached hydrogen (secondary N) is 1. The summed E-state index contributed by atoms with van der Waals surface area (Å²) < 4.78 is 10.6. The molecule has 2 aromatic rings. The lowest BCUT2D eigenvalue weighted by Crippen LogP contribution is -2.52. The number of methoxy groups -OCH3 is 2. The SMILES string of the molecule is COc1ccc(CNC(=O)CN2C(=O)C(c3ccccc3)=NC23CCC(C)CC3)cc1OC. The lowest BCUT2D eigenvalue weighted by atomic mass is 9.82. The molecule has 1 heterocycles. The Morgan fingerprint density at radius 1 is 1.09 bits per heavy atom. The largest absolute Gasteiger partial charge is 0.493 e. The minimum absolute atomic E-state index is 0.0136. The van der Waals surface area contributed by atoms with Gasteiger partial charge in [0.2, 0.25) is 5.91 Å². The van der Waals surface area contributed by atoms with Crippen LogP contribution in [-0.2, 0) is 16.1 Å². The first-order valence-corrected chi connectivity index (χ1v) is 11.4. The van der Waals surface area contributed by atoms with Gasteiger partial charge in [-0.15, -0.1) is 0 Å². The Balaban J connectivity index is 1.49. The molecule has 1 fully saturated rings. The summed E-state index contributed by atoms with van der Waals surface area (Å²) in [4.78, 5) is 33.0. The lowest BCUT2D eigenvalue weighted by molar-refractivity contribution is -0.136. The van der Waals surface area contributed by atoms with Crippen molar-refractivity contribution in [2.75, 3.05) is 20.8 Å². The van der Waals surface area contributed by atoms with Crippen molar-refractivity contribution in [1.29, 1.82) is 0 Å². The van der Waals surface area contributed by atoms with Gasteiger partial charge in [0.15, 0.2) is 11.5 Å². The summed E-state index contributed by atoms with van der Waals surface area (Å²) in [5.41, 5.74) is 1.51. The highest BCUT2D eigenvalue weighted by atomic mass is 16.5. The molecule has 2 amide bonds. The summed E-state index contributed by atoms with van der Waals surface area (Å²) in [6, 6.07) is 15.0. The van der Waals surface area contributed by atoms with E-state index in [-0.39, 0.29) is 18.4 Å². The van der Waals surface area contributed by atoms with Crippen molar-refractivity contribution in [3.63, 3.8) is 0 Å². The molecule has 174 valence electrons. The van der Waals surface area contributed by atoms with Crippen LogP contribution in [0.5, 0.6) is 11.5 Å². The summed E-state index contributed by atoms with van der Waals surface area (Å²) in [5.74, 6) is 1.46. The Morgan fingerprint density at radius 3 is 2.45 bits per heavy atom. The van der Waals surface area contributed by atoms with Gasteiger partial charge in [-0.1, -0.05) is 43.3 Å². The summed E-state index contributed by atoms with van der Waals surface area (Å²) >= 11 is 0. The smallest absolute Gasteiger partial charge is 0.275 e. The summed E-state index contributed by atoms with van der Waals surface area (Å²) in [6.07, 6.45) is 3.53. The Hall–Kier alpha value is -3.35. The average molecular weight is 450 g/mol. The van der Waals surface area contributed by atoms with Gasteiger partial charge in [0.1, 0.15) is 17.9 Å². The normalized spacial score (nSPS) is 22.3. The molecule has 2 aliphatic rings. The van der Waals surface area contributed by atoms with E-state index in [4.69, 9.17) is 14.5 Å². The molecular formula is C26H31N3O4. The first kappa shape index (κ1) is 22.8. The zero-order chi connectivity index (χ0) is 23.4. The van der Waals surface area contributed by atoms with Crippen molar-refractivity contribution >= 4 is 17.5 Å². The molecule has 1 N–H and O–H groups in total. The molecule has 1 aliphatic heterocycles. The quantitative estimate of drug-likeness (QED) is 0.701. The van der Waals surface area contributed by atoms with Crippen LogP contribution in [-0.4, -0.2) is 48.9 Å². The van der Waals surface area contributed by atoms with E-state index in [2.05, 4.69) is 12.2 Å². The minimum Gasteiger partial charge on any atom is -0.493 e. The molecule has 1 spiro atoms. The number of nitrogens with zero attached hydrogens (tertiary/aromatic N) is 2. The molecule has 7 heteroatoms. The summed E-state index contributed by atoms with van der Waals surface area (Å²) in [5, 5.41) is 2.94. The third-order valence-electron chi connectivity index (χ3n) is 6.63. The standard InChI is InChI=1S/C26H31N3O4/c1-18-11-13-26(14-12-18)28-24(20-7-5-4-6-8-20)25(31)29(26)17-23(30)27-16-19-9-10-21(32-2)22(15-19)33-3/h4-10,15,18H,11-14,16-17H2,1-3H3,(H,27,30). The molecule has 0 radical (unpaired) electrons. The van der Waals surface area contributed by atoms with E-state index in [0.29, 0.717) is 29.7 Å². The van der Waals surface area contributed by atoms with Gasteiger partial charge in [-0.25, -0.2) is 0 Å². The number of hydrogen-bond donors (Lipinski definition) is 1. The van der Waals surface area contributed by atoms with Crippen LogP contribution >= 0.6 is 0 Å². The van der Waals surface area contributed by atoms with Crippen LogP contribution in [0.25, 0.3) is 0 Å². The number of benzene rings is 2. The molecule has 0 saturated heterocycles. The van der Waals surface area contributed by atoms with Crippen molar-refractivity contribution in [2.45, 2.75) is 44.8 Å². The molecule has 2 aromatic carbocycles. The van der Waals surface area contributed by atoms with Gasteiger partial charge in [0.05, 0.1) is 14.2 Å². The molecule has 1 aliphatic carbocycles. The van der Waals surface area contributed by atoms with Crippen molar-refractivity contribution in [3.05, 3.63) is 59.7 Å². The maximum atomic E-state index is 13.4. The van der Waals surface area contributed by atoms with Crippen LogP contribution in [0, 0.1) is 5.92 Å². The predicted molar refractivity (Wildman–Crippen MR) is 126 cm³/mol. The first-order valence-electron chi connectivity index (χ1n) is 11.4. The maximum Gasteiger partial charge on any atom is 0.275 e. The second-order valence-corrected chi connectivity index (χ2v) is 8.85. The Bertz CT molecular complexity index is 1040. The van der Waals surface area contributed by atoms with E-state index in [1.165, 1.54) is 0 Å². The van der Waals surface area contributed by atoms with E-state index >= 15 is 0 Å². The molecule has 33 heavy (non-hydrogen) atoms. The van der Waals surface area contributed by atoms with E-state index in [1.807, 2.05) is 48.5 Å². The minimum atomic E-state index is -0.630. The van der Waals surface area contributed by atoms with E-state index < -0.39 is 5.66 Å². The van der Waals surface area contributed by atoms with Gasteiger partial charge < -0.3 is 19.7 Å². The molecule has 4 rings (SSSR count). The van der Waals surface area contributed by atoms with Gasteiger partial charge in [-0.2, -0.15) is 0 Å². The topological polar surface area (TPSA) is 80.2 Å². The van der Waals surface area contributed by atoms with Crippen molar-refractivity contribution in [1.82, 2.24) is 10.2 Å². The number of hydrogen-bond acceptors (Lipinski definition) is 5. The average Bonchev–Trinajstić information content (AvgIpc) is 3.11. The fourth-order valence-corrected chi connectivity index (χ4v) is 4.63. The predicted octanol–water partition coefficient (Wildman–Crippen LogP) is 3.56. The second-order valence-electron chi connectivity index (χ2n) is 8.85. The third kappa shape index (κ3) is 4.72. The van der Waals surface area contributed by atoms with E-state index in [9.17, 15) is 9.59 Å². The second kappa shape index (κ2) is 9.65. The van der Waals surface area contributed by atoms with Gasteiger partial charge in [-0.05, 0) is 49.3 Å². The molecule has 0 aromatic heterocycles. The van der Waals surface area contributed by atoms with Crippen LogP contribution in [0.1, 0.15) is 43.7 Å². The van der Waals surface area contributed by atoms with E-state index in [1.54, 1.807) is 19.1 Å². The molecule has 7 nitrogen and oxygen atoms in total. The maximum absolute atomic E-state index is 13.4. The van der Waals surface area contributed by atoms with Gasteiger partial charge in [-0.3, -0.25) is 14.6 Å². The zero-order valence-corrected chi connectivity index (χ0v) is 19.5. The fourth-order valence-electron chi connectivity index (χ4n) is 4.63. The van der Waals surface area contributed by atoms with Crippen molar-refractivity contribution < 1.29 is 19.1 Å². The lowest BCUT2D eigenvalue weighted by Gasteiger charge is -2.40. The van der Waals surface area contributed by atoms with E-state index in [0.717, 1.165) is 36.8 Å². The number of amides is 2. The Morgan fingerprint density at radius 2 is 1.79 bits per heavy atom. The summed E-state index contributed by atoms with van der Waals surface area (Å²) in [7, 11) is 3.16. The monoisotopic (exact) mass is 449 g/mol. The number of carbonyl (C=O) groups is 2. The number of carbonyl (C=O) groups excluding carboxylic acids is 2. The molecule has 1 saturated carbocycles. The van der Waals surface area contributed by atoms with Crippen LogP contribution in [0.15, 0.2) is 53.5 Å². The highest BCUT2D eigenvalue weighted by molar-refractivity contribution is 6.47. The highest BCUT2D eigenvalue weighted by Crippen LogP contribution is 2.41. The van der Waals surface area contributed by atoms with Gasteiger partial charge in [0.25, 0.3) is 5.91 Å². The summed E-state index contributed by atoms with van der Waals surface area (Å²) in [6.45, 7) is 2.55. The molecule has 0 atom stereocenters. The van der Waals surface area contributed by atoms with Gasteiger partial charge in [0, 0.05) is 12.1 Å². The number of rotatable bonds is 7. The zero-order valence-electron chi connectivity index (χ0n) is 19.5. The molecular weight excluding hydrogens is 418 g/mol. The van der Waals surface area contributed by atoms with Crippen LogP contribution in [0.4, 0.5) is 0 Å². The Labute approximate surface area is 194 Å².